The summed E-state index contributed by atoms with van der Waals surface area (Å²) in [4.78, 5) is 16.5. The molecule has 29 heavy (non-hydrogen) atoms. The van der Waals surface area contributed by atoms with Crippen molar-refractivity contribution in [2.45, 2.75) is 39.7 Å². The van der Waals surface area contributed by atoms with Gasteiger partial charge >= 0.3 is 0 Å². The molecule has 0 spiro atoms. The molecular formula is C20H21N7O2. The standard InChI is InChI=1S/C20H21N7O2/c1-12-9-13(15-7-8-23-27-11-22-25-17(15)27)5-6-14(12)10-21-18(28)16-24-19(29-26-16)20(2,3)4/h5-9,11H,10H2,1-4H3,(H,21,28). The van der Waals surface area contributed by atoms with E-state index in [2.05, 4.69) is 36.8 Å². The Balaban J connectivity index is 1.50. The molecule has 4 aromatic rings. The third-order valence-electron chi connectivity index (χ3n) is 4.57. The minimum absolute atomic E-state index is 0.0372. The molecule has 0 bridgehead atoms. The monoisotopic (exact) mass is 391 g/mol. The molecule has 0 aliphatic carbocycles. The van der Waals surface area contributed by atoms with E-state index in [1.165, 1.54) is 0 Å². The summed E-state index contributed by atoms with van der Waals surface area (Å²) >= 11 is 0. The number of hydrogen-bond acceptors (Lipinski definition) is 7. The normalized spacial score (nSPS) is 11.7. The van der Waals surface area contributed by atoms with Crippen LogP contribution in [0.2, 0.25) is 0 Å². The molecule has 0 atom stereocenters. The molecule has 9 heteroatoms. The number of fused-ring (bicyclic) bond motifs is 1. The number of carbonyl (C=O) groups is 1. The van der Waals surface area contributed by atoms with Crippen LogP contribution in [0.3, 0.4) is 0 Å². The Morgan fingerprint density at radius 3 is 2.79 bits per heavy atom. The van der Waals surface area contributed by atoms with Crippen molar-refractivity contribution in [2.24, 2.45) is 0 Å². The third-order valence-corrected chi connectivity index (χ3v) is 4.57. The van der Waals surface area contributed by atoms with Crippen LogP contribution in [-0.2, 0) is 12.0 Å². The number of carbonyl (C=O) groups excluding carboxylic acids is 1. The SMILES string of the molecule is Cc1cc(-c2ccnn3cnnc23)ccc1CNC(=O)c1noc(C(C)(C)C)n1. The number of rotatable bonds is 4. The highest BCUT2D eigenvalue weighted by atomic mass is 16.5. The molecule has 9 nitrogen and oxygen atoms in total. The summed E-state index contributed by atoms with van der Waals surface area (Å²) in [5.74, 6) is 0.0996. The Labute approximate surface area is 167 Å². The van der Waals surface area contributed by atoms with Crippen molar-refractivity contribution in [2.75, 3.05) is 0 Å². The molecule has 1 amide bonds. The topological polar surface area (TPSA) is 111 Å². The van der Waals surface area contributed by atoms with E-state index < -0.39 is 0 Å². The molecule has 0 aliphatic heterocycles. The van der Waals surface area contributed by atoms with Gasteiger partial charge in [-0.15, -0.1) is 10.2 Å². The lowest BCUT2D eigenvalue weighted by molar-refractivity contribution is 0.0937. The van der Waals surface area contributed by atoms with Crippen LogP contribution in [-0.4, -0.2) is 35.9 Å². The van der Waals surface area contributed by atoms with Gasteiger partial charge in [-0.2, -0.15) is 14.6 Å². The lowest BCUT2D eigenvalue weighted by Crippen LogP contribution is -2.24. The van der Waals surface area contributed by atoms with Gasteiger partial charge < -0.3 is 9.84 Å². The van der Waals surface area contributed by atoms with Crippen molar-refractivity contribution in [3.63, 3.8) is 0 Å². The fourth-order valence-electron chi connectivity index (χ4n) is 2.91. The number of aryl methyl sites for hydroxylation is 1. The summed E-state index contributed by atoms with van der Waals surface area (Å²) in [6, 6.07) is 7.93. The molecule has 148 valence electrons. The quantitative estimate of drug-likeness (QED) is 0.569. The second kappa shape index (κ2) is 7.08. The number of amides is 1. The Bertz CT molecular complexity index is 1190. The van der Waals surface area contributed by atoms with E-state index in [4.69, 9.17) is 4.52 Å². The highest BCUT2D eigenvalue weighted by Gasteiger charge is 2.24. The van der Waals surface area contributed by atoms with E-state index in [1.54, 1.807) is 17.0 Å². The molecule has 0 aliphatic rings. The smallest absolute Gasteiger partial charge is 0.292 e. The lowest BCUT2D eigenvalue weighted by Gasteiger charge is -2.10. The van der Waals surface area contributed by atoms with Crippen LogP contribution in [0.25, 0.3) is 16.8 Å². The fourth-order valence-corrected chi connectivity index (χ4v) is 2.91. The molecule has 0 radical (unpaired) electrons. The van der Waals surface area contributed by atoms with Gasteiger partial charge in [0.25, 0.3) is 11.7 Å². The Morgan fingerprint density at radius 1 is 1.24 bits per heavy atom. The van der Waals surface area contributed by atoms with Gasteiger partial charge in [0.1, 0.15) is 6.33 Å². The summed E-state index contributed by atoms with van der Waals surface area (Å²) < 4.78 is 6.81. The minimum atomic E-state index is -0.368. The lowest BCUT2D eigenvalue weighted by atomic mass is 9.97. The first-order chi connectivity index (χ1) is 13.8. The van der Waals surface area contributed by atoms with Crippen molar-refractivity contribution < 1.29 is 9.32 Å². The summed E-state index contributed by atoms with van der Waals surface area (Å²) in [6.45, 7) is 8.20. The molecule has 3 heterocycles. The van der Waals surface area contributed by atoms with Crippen LogP contribution >= 0.6 is 0 Å². The van der Waals surface area contributed by atoms with E-state index >= 15 is 0 Å². The molecular weight excluding hydrogens is 370 g/mol. The highest BCUT2D eigenvalue weighted by molar-refractivity contribution is 5.90. The molecule has 3 aromatic heterocycles. The Hall–Kier alpha value is -3.62. The van der Waals surface area contributed by atoms with Gasteiger partial charge in [0.05, 0.1) is 0 Å². The van der Waals surface area contributed by atoms with Gasteiger partial charge in [-0.25, -0.2) is 0 Å². The maximum absolute atomic E-state index is 12.4. The zero-order valence-electron chi connectivity index (χ0n) is 16.7. The van der Waals surface area contributed by atoms with Crippen molar-refractivity contribution in [3.8, 4) is 11.1 Å². The first-order valence-corrected chi connectivity index (χ1v) is 9.20. The van der Waals surface area contributed by atoms with E-state index in [9.17, 15) is 4.79 Å². The number of nitrogens with one attached hydrogen (secondary N) is 1. The second-order valence-electron chi connectivity index (χ2n) is 7.84. The zero-order chi connectivity index (χ0) is 20.6. The molecule has 1 N–H and O–H groups in total. The van der Waals surface area contributed by atoms with Gasteiger partial charge in [-0.1, -0.05) is 44.1 Å². The molecule has 0 unspecified atom stereocenters. The largest absolute Gasteiger partial charge is 0.345 e. The third kappa shape index (κ3) is 3.71. The van der Waals surface area contributed by atoms with Gasteiger partial charge in [0, 0.05) is 23.7 Å². The predicted octanol–water partition coefficient (Wildman–Crippen LogP) is 2.71. The van der Waals surface area contributed by atoms with Crippen LogP contribution in [0, 0.1) is 6.92 Å². The summed E-state index contributed by atoms with van der Waals surface area (Å²) in [5.41, 5.74) is 4.37. The highest BCUT2D eigenvalue weighted by Crippen LogP contribution is 2.25. The van der Waals surface area contributed by atoms with Gasteiger partial charge in [0.15, 0.2) is 5.65 Å². The van der Waals surface area contributed by atoms with Crippen molar-refractivity contribution in [1.29, 1.82) is 0 Å². The van der Waals surface area contributed by atoms with Crippen molar-refractivity contribution >= 4 is 11.6 Å². The van der Waals surface area contributed by atoms with Crippen LogP contribution in [0.15, 0.2) is 41.3 Å². The first-order valence-electron chi connectivity index (χ1n) is 9.20. The predicted molar refractivity (Wildman–Crippen MR) is 105 cm³/mol. The summed E-state index contributed by atoms with van der Waals surface area (Å²) in [7, 11) is 0. The molecule has 1 aromatic carbocycles. The number of nitrogens with zero attached hydrogens (tertiary/aromatic N) is 6. The van der Waals surface area contributed by atoms with E-state index in [1.807, 2.05) is 45.9 Å². The Kier molecular flexibility index (Phi) is 4.57. The van der Waals surface area contributed by atoms with Crippen molar-refractivity contribution in [3.05, 3.63) is 59.6 Å². The van der Waals surface area contributed by atoms with Gasteiger partial charge in [0.2, 0.25) is 5.89 Å². The van der Waals surface area contributed by atoms with Crippen LogP contribution < -0.4 is 5.32 Å². The van der Waals surface area contributed by atoms with Crippen LogP contribution in [0.4, 0.5) is 0 Å². The fraction of sp³-hybridized carbons (Fsp3) is 0.300. The van der Waals surface area contributed by atoms with Crippen LogP contribution in [0.5, 0.6) is 0 Å². The van der Waals surface area contributed by atoms with Gasteiger partial charge in [-0.3, -0.25) is 4.79 Å². The molecule has 0 saturated carbocycles. The molecule has 0 fully saturated rings. The van der Waals surface area contributed by atoms with E-state index in [-0.39, 0.29) is 17.1 Å². The molecule has 0 saturated heterocycles. The minimum Gasteiger partial charge on any atom is -0.345 e. The van der Waals surface area contributed by atoms with Crippen LogP contribution in [0.1, 0.15) is 48.4 Å². The summed E-state index contributed by atoms with van der Waals surface area (Å²) in [6.07, 6.45) is 3.28. The second-order valence-corrected chi connectivity index (χ2v) is 7.84. The Morgan fingerprint density at radius 2 is 2.07 bits per heavy atom. The van der Waals surface area contributed by atoms with E-state index in [0.29, 0.717) is 18.1 Å². The van der Waals surface area contributed by atoms with Gasteiger partial charge in [-0.05, 0) is 29.7 Å². The zero-order valence-corrected chi connectivity index (χ0v) is 16.7. The average molecular weight is 391 g/mol. The maximum atomic E-state index is 12.4. The maximum Gasteiger partial charge on any atom is 0.292 e. The number of aromatic nitrogens is 6. The first kappa shape index (κ1) is 18.7. The van der Waals surface area contributed by atoms with E-state index in [0.717, 1.165) is 22.3 Å². The average Bonchev–Trinajstić information content (AvgIpc) is 3.35. The summed E-state index contributed by atoms with van der Waals surface area (Å²) in [5, 5.41) is 18.8. The number of benzene rings is 1. The van der Waals surface area contributed by atoms with Crippen molar-refractivity contribution in [1.82, 2.24) is 35.3 Å². The number of hydrogen-bond donors (Lipinski definition) is 1. The molecule has 4 rings (SSSR count).